The number of carbonyl (C=O) groups excluding carboxylic acids is 1. The van der Waals surface area contributed by atoms with E-state index in [1.165, 1.54) is 0 Å². The molecular formula is C26H29F3N4O. The maximum Gasteiger partial charge on any atom is 0.433 e. The van der Waals surface area contributed by atoms with Crippen LogP contribution in [0.25, 0.3) is 10.9 Å². The maximum atomic E-state index is 13.3. The number of aryl methyl sites for hydroxylation is 1. The number of carbonyl (C=O) groups is 1. The fourth-order valence-corrected chi connectivity index (χ4v) is 4.49. The largest absolute Gasteiger partial charge is 0.433 e. The van der Waals surface area contributed by atoms with E-state index >= 15 is 0 Å². The van der Waals surface area contributed by atoms with Gasteiger partial charge in [-0.05, 0) is 68.5 Å². The van der Waals surface area contributed by atoms with Crippen LogP contribution in [-0.4, -0.2) is 37.1 Å². The van der Waals surface area contributed by atoms with Gasteiger partial charge >= 0.3 is 6.18 Å². The number of halogens is 3. The average Bonchev–Trinajstić information content (AvgIpc) is 2.79. The van der Waals surface area contributed by atoms with E-state index in [0.29, 0.717) is 22.2 Å². The number of pyridine rings is 1. The Labute approximate surface area is 197 Å². The van der Waals surface area contributed by atoms with Crippen molar-refractivity contribution in [2.24, 2.45) is 0 Å². The molecule has 4 rings (SSSR count). The number of alkyl halides is 3. The van der Waals surface area contributed by atoms with Crippen LogP contribution >= 0.6 is 0 Å². The van der Waals surface area contributed by atoms with Gasteiger partial charge in [-0.2, -0.15) is 13.2 Å². The van der Waals surface area contributed by atoms with Gasteiger partial charge in [-0.25, -0.2) is 4.98 Å². The first kappa shape index (κ1) is 23.9. The van der Waals surface area contributed by atoms with Crippen molar-refractivity contribution >= 4 is 28.2 Å². The lowest BCUT2D eigenvalue weighted by atomic mass is 9.90. The van der Waals surface area contributed by atoms with Crippen LogP contribution in [0.15, 0.2) is 48.5 Å². The Hall–Kier alpha value is -3.29. The molecule has 1 amide bonds. The van der Waals surface area contributed by atoms with Gasteiger partial charge in [0.25, 0.3) is 5.91 Å². The molecule has 1 fully saturated rings. The Balaban J connectivity index is 1.40. The molecule has 0 saturated heterocycles. The summed E-state index contributed by atoms with van der Waals surface area (Å²) in [5.41, 5.74) is 2.49. The molecule has 5 nitrogen and oxygen atoms in total. The molecule has 1 heterocycles. The van der Waals surface area contributed by atoms with Crippen LogP contribution in [0.4, 0.5) is 24.5 Å². The van der Waals surface area contributed by atoms with Crippen LogP contribution in [0.2, 0.25) is 0 Å². The van der Waals surface area contributed by atoms with Crippen LogP contribution in [0.5, 0.6) is 0 Å². The summed E-state index contributed by atoms with van der Waals surface area (Å²) in [6.45, 7) is 1.93. The molecule has 0 spiro atoms. The lowest BCUT2D eigenvalue weighted by molar-refractivity contribution is -0.140. The molecule has 1 aromatic heterocycles. The summed E-state index contributed by atoms with van der Waals surface area (Å²) in [7, 11) is 3.92. The number of rotatable bonds is 5. The van der Waals surface area contributed by atoms with Gasteiger partial charge in [-0.15, -0.1) is 0 Å². The van der Waals surface area contributed by atoms with Crippen molar-refractivity contribution in [2.75, 3.05) is 24.3 Å². The minimum Gasteiger partial charge on any atom is -0.382 e. The number of nitrogens with one attached hydrogen (secondary N) is 2. The van der Waals surface area contributed by atoms with Crippen molar-refractivity contribution in [1.82, 2.24) is 10.3 Å². The first-order valence-electron chi connectivity index (χ1n) is 11.4. The van der Waals surface area contributed by atoms with Crippen LogP contribution in [-0.2, 0) is 6.18 Å². The highest BCUT2D eigenvalue weighted by atomic mass is 19.4. The van der Waals surface area contributed by atoms with Crippen molar-refractivity contribution in [3.8, 4) is 0 Å². The van der Waals surface area contributed by atoms with Crippen molar-refractivity contribution in [3.05, 3.63) is 65.4 Å². The van der Waals surface area contributed by atoms with Gasteiger partial charge in [0.15, 0.2) is 0 Å². The Morgan fingerprint density at radius 3 is 2.32 bits per heavy atom. The quantitative estimate of drug-likeness (QED) is 0.496. The molecule has 1 aliphatic carbocycles. The monoisotopic (exact) mass is 470 g/mol. The van der Waals surface area contributed by atoms with Gasteiger partial charge in [-0.3, -0.25) is 4.79 Å². The molecule has 1 saturated carbocycles. The molecule has 0 unspecified atom stereocenters. The van der Waals surface area contributed by atoms with E-state index in [0.717, 1.165) is 43.0 Å². The third-order valence-electron chi connectivity index (χ3n) is 6.40. The van der Waals surface area contributed by atoms with Crippen LogP contribution < -0.4 is 15.5 Å². The minimum absolute atomic E-state index is 0.0288. The zero-order valence-electron chi connectivity index (χ0n) is 19.5. The van der Waals surface area contributed by atoms with E-state index in [4.69, 9.17) is 0 Å². The highest BCUT2D eigenvalue weighted by Gasteiger charge is 2.34. The zero-order chi connectivity index (χ0) is 24.5. The normalized spacial score (nSPS) is 18.5. The second-order valence-corrected chi connectivity index (χ2v) is 9.13. The number of anilines is 2. The molecule has 1 aliphatic rings. The Morgan fingerprint density at radius 2 is 1.68 bits per heavy atom. The fourth-order valence-electron chi connectivity index (χ4n) is 4.49. The summed E-state index contributed by atoms with van der Waals surface area (Å²) >= 11 is 0. The first-order chi connectivity index (χ1) is 16.1. The predicted octanol–water partition coefficient (Wildman–Crippen LogP) is 5.78. The third-order valence-corrected chi connectivity index (χ3v) is 6.40. The Bertz CT molecular complexity index is 1180. The SMILES string of the molecule is Cc1cc(N(C)C)ccc1C(=O)NC1CCC(Nc2cc(C(F)(F)F)nc3ccccc23)CC1. The van der Waals surface area contributed by atoms with Gasteiger partial charge < -0.3 is 15.5 Å². The Morgan fingerprint density at radius 1 is 1.00 bits per heavy atom. The molecule has 3 aromatic rings. The maximum absolute atomic E-state index is 13.3. The average molecular weight is 471 g/mol. The molecule has 0 radical (unpaired) electrons. The van der Waals surface area contributed by atoms with Crippen molar-refractivity contribution < 1.29 is 18.0 Å². The van der Waals surface area contributed by atoms with Crippen LogP contribution in [0.1, 0.15) is 47.3 Å². The number of fused-ring (bicyclic) bond motifs is 1. The number of aromatic nitrogens is 1. The van der Waals surface area contributed by atoms with Crippen molar-refractivity contribution in [3.63, 3.8) is 0 Å². The summed E-state index contributed by atoms with van der Waals surface area (Å²) in [5.74, 6) is -0.0887. The van der Waals surface area contributed by atoms with E-state index in [1.807, 2.05) is 44.1 Å². The van der Waals surface area contributed by atoms with E-state index in [1.54, 1.807) is 24.3 Å². The number of hydrogen-bond donors (Lipinski definition) is 2. The second-order valence-electron chi connectivity index (χ2n) is 9.13. The predicted molar refractivity (Wildman–Crippen MR) is 129 cm³/mol. The topological polar surface area (TPSA) is 57.3 Å². The lowest BCUT2D eigenvalue weighted by Crippen LogP contribution is -2.40. The number of benzene rings is 2. The second kappa shape index (κ2) is 9.52. The highest BCUT2D eigenvalue weighted by Crippen LogP contribution is 2.34. The zero-order valence-corrected chi connectivity index (χ0v) is 19.5. The molecule has 0 atom stereocenters. The molecule has 8 heteroatoms. The van der Waals surface area contributed by atoms with Crippen LogP contribution in [0.3, 0.4) is 0 Å². The number of amides is 1. The summed E-state index contributed by atoms with van der Waals surface area (Å²) < 4.78 is 40.0. The van der Waals surface area contributed by atoms with E-state index in [2.05, 4.69) is 15.6 Å². The third kappa shape index (κ3) is 5.26. The summed E-state index contributed by atoms with van der Waals surface area (Å²) in [6.07, 6.45) is -1.49. The molecule has 180 valence electrons. The van der Waals surface area contributed by atoms with Gasteiger partial charge in [0.2, 0.25) is 0 Å². The number of hydrogen-bond acceptors (Lipinski definition) is 4. The van der Waals surface area contributed by atoms with Gasteiger partial charge in [0.05, 0.1) is 5.52 Å². The summed E-state index contributed by atoms with van der Waals surface area (Å²) in [4.78, 5) is 18.6. The molecule has 2 N–H and O–H groups in total. The number of nitrogens with zero attached hydrogens (tertiary/aromatic N) is 2. The van der Waals surface area contributed by atoms with E-state index in [-0.39, 0.29) is 18.0 Å². The summed E-state index contributed by atoms with van der Waals surface area (Å²) in [6, 6.07) is 13.8. The van der Waals surface area contributed by atoms with E-state index < -0.39 is 11.9 Å². The minimum atomic E-state index is -4.51. The Kier molecular flexibility index (Phi) is 6.68. The standard InChI is InChI=1S/C26H29F3N4O/c1-16-14-19(33(2)3)12-13-20(16)25(34)31-18-10-8-17(9-11-18)30-23-15-24(26(27,28)29)32-22-7-5-4-6-21(22)23/h4-7,12-15,17-18H,8-11H2,1-3H3,(H,30,32)(H,31,34). The van der Waals surface area contributed by atoms with Crippen LogP contribution in [0, 0.1) is 6.92 Å². The summed E-state index contributed by atoms with van der Waals surface area (Å²) in [5, 5.41) is 7.11. The molecule has 0 aliphatic heterocycles. The highest BCUT2D eigenvalue weighted by molar-refractivity contribution is 5.96. The van der Waals surface area contributed by atoms with Crippen molar-refractivity contribution in [2.45, 2.75) is 50.9 Å². The smallest absolute Gasteiger partial charge is 0.382 e. The van der Waals surface area contributed by atoms with Gasteiger partial charge in [-0.1, -0.05) is 18.2 Å². The van der Waals surface area contributed by atoms with Gasteiger partial charge in [0, 0.05) is 48.5 Å². The van der Waals surface area contributed by atoms with E-state index in [9.17, 15) is 18.0 Å². The fraction of sp³-hybridized carbons (Fsp3) is 0.385. The molecule has 0 bridgehead atoms. The van der Waals surface area contributed by atoms with Crippen molar-refractivity contribution in [1.29, 1.82) is 0 Å². The number of para-hydroxylation sites is 1. The van der Waals surface area contributed by atoms with Gasteiger partial charge in [0.1, 0.15) is 5.69 Å². The molecular weight excluding hydrogens is 441 g/mol. The molecule has 34 heavy (non-hydrogen) atoms. The molecule has 2 aromatic carbocycles. The first-order valence-corrected chi connectivity index (χ1v) is 11.4. The lowest BCUT2D eigenvalue weighted by Gasteiger charge is -2.31.